The molecule has 2 aromatic carbocycles. The number of carbonyl (C=O) groups excluding carboxylic acids is 2. The van der Waals surface area contributed by atoms with Crippen LogP contribution in [0.15, 0.2) is 53.6 Å². The maximum atomic E-state index is 12.9. The minimum absolute atomic E-state index is 0.317. The first-order valence-electron chi connectivity index (χ1n) is 9.43. The van der Waals surface area contributed by atoms with Gasteiger partial charge in [-0.3, -0.25) is 9.59 Å². The van der Waals surface area contributed by atoms with E-state index in [1.807, 2.05) is 26.0 Å². The highest BCUT2D eigenvalue weighted by Crippen LogP contribution is 2.25. The summed E-state index contributed by atoms with van der Waals surface area (Å²) in [5.41, 5.74) is 8.80. The molecule has 7 heteroatoms. The summed E-state index contributed by atoms with van der Waals surface area (Å²) in [5, 5.41) is 6.29. The number of aromatic nitrogens is 1. The van der Waals surface area contributed by atoms with E-state index in [9.17, 15) is 14.0 Å². The number of nitrogens with zero attached hydrogens (tertiary/aromatic N) is 2. The molecule has 2 N–H and O–H groups in total. The third-order valence-corrected chi connectivity index (χ3v) is 4.81. The Labute approximate surface area is 174 Å². The molecule has 1 heterocycles. The molecule has 0 unspecified atom stereocenters. The van der Waals surface area contributed by atoms with Crippen molar-refractivity contribution in [3.05, 3.63) is 82.4 Å². The van der Waals surface area contributed by atoms with E-state index in [4.69, 9.17) is 0 Å². The van der Waals surface area contributed by atoms with Crippen molar-refractivity contribution >= 4 is 23.7 Å². The predicted octanol–water partition coefficient (Wildman–Crippen LogP) is 3.94. The van der Waals surface area contributed by atoms with Crippen molar-refractivity contribution < 1.29 is 14.0 Å². The van der Waals surface area contributed by atoms with E-state index < -0.39 is 17.6 Å². The van der Waals surface area contributed by atoms with Crippen LogP contribution in [0.5, 0.6) is 0 Å². The lowest BCUT2D eigenvalue weighted by molar-refractivity contribution is -0.136. The van der Waals surface area contributed by atoms with Gasteiger partial charge in [-0.1, -0.05) is 18.2 Å². The van der Waals surface area contributed by atoms with E-state index >= 15 is 0 Å². The quantitative estimate of drug-likeness (QED) is 0.391. The molecule has 0 aliphatic carbocycles. The number of aryl methyl sites for hydroxylation is 3. The fourth-order valence-corrected chi connectivity index (χ4v) is 3.35. The standard InChI is InChI=1S/C23H23FN4O2/c1-14-6-5-7-15(2)21(14)28-16(3)12-18(17(28)4)13-25-27-23(30)22(29)26-20-10-8-19(24)9-11-20/h5-13H,1-4H3,(H,26,29)(H,27,30)/b25-13-. The van der Waals surface area contributed by atoms with E-state index in [2.05, 4.69) is 46.4 Å². The molecule has 3 aromatic rings. The van der Waals surface area contributed by atoms with Crippen molar-refractivity contribution in [1.82, 2.24) is 9.99 Å². The summed E-state index contributed by atoms with van der Waals surface area (Å²) in [6.07, 6.45) is 1.51. The minimum Gasteiger partial charge on any atom is -0.318 e. The Morgan fingerprint density at radius 2 is 1.60 bits per heavy atom. The Morgan fingerprint density at radius 3 is 2.23 bits per heavy atom. The number of carbonyl (C=O) groups is 2. The van der Waals surface area contributed by atoms with Crippen molar-refractivity contribution in [3.8, 4) is 5.69 Å². The van der Waals surface area contributed by atoms with Gasteiger partial charge in [0.25, 0.3) is 0 Å². The van der Waals surface area contributed by atoms with Gasteiger partial charge < -0.3 is 9.88 Å². The zero-order valence-electron chi connectivity index (χ0n) is 17.3. The molecule has 0 aliphatic rings. The maximum absolute atomic E-state index is 12.9. The summed E-state index contributed by atoms with van der Waals surface area (Å²) in [7, 11) is 0. The van der Waals surface area contributed by atoms with Gasteiger partial charge in [-0.05, 0) is 69.2 Å². The predicted molar refractivity (Wildman–Crippen MR) is 115 cm³/mol. The number of benzene rings is 2. The average Bonchev–Trinajstić information content (AvgIpc) is 2.97. The van der Waals surface area contributed by atoms with Gasteiger partial charge in [-0.25, -0.2) is 9.82 Å². The monoisotopic (exact) mass is 406 g/mol. The van der Waals surface area contributed by atoms with Gasteiger partial charge in [0, 0.05) is 22.6 Å². The zero-order chi connectivity index (χ0) is 21.8. The molecule has 1 aromatic heterocycles. The van der Waals surface area contributed by atoms with E-state index in [0.717, 1.165) is 33.8 Å². The van der Waals surface area contributed by atoms with Crippen LogP contribution >= 0.6 is 0 Å². The number of para-hydroxylation sites is 1. The molecule has 0 saturated carbocycles. The van der Waals surface area contributed by atoms with Gasteiger partial charge >= 0.3 is 11.8 Å². The highest BCUT2D eigenvalue weighted by Gasteiger charge is 2.15. The van der Waals surface area contributed by atoms with Gasteiger partial charge in [0.2, 0.25) is 0 Å². The fraction of sp³-hybridized carbons (Fsp3) is 0.174. The van der Waals surface area contributed by atoms with Crippen LogP contribution in [0.25, 0.3) is 5.69 Å². The molecule has 3 rings (SSSR count). The van der Waals surface area contributed by atoms with Crippen LogP contribution in [-0.2, 0) is 9.59 Å². The van der Waals surface area contributed by atoms with E-state index in [1.54, 1.807) is 0 Å². The largest absolute Gasteiger partial charge is 0.329 e. The zero-order valence-corrected chi connectivity index (χ0v) is 17.3. The second kappa shape index (κ2) is 8.73. The maximum Gasteiger partial charge on any atom is 0.329 e. The number of hydrogen-bond acceptors (Lipinski definition) is 3. The summed E-state index contributed by atoms with van der Waals surface area (Å²) in [5.74, 6) is -2.24. The van der Waals surface area contributed by atoms with Gasteiger partial charge in [0.15, 0.2) is 0 Å². The summed E-state index contributed by atoms with van der Waals surface area (Å²) in [6.45, 7) is 8.11. The molecular weight excluding hydrogens is 383 g/mol. The van der Waals surface area contributed by atoms with Gasteiger partial charge in [0.05, 0.1) is 11.9 Å². The summed E-state index contributed by atoms with van der Waals surface area (Å²) in [4.78, 5) is 23.9. The number of halogens is 1. The van der Waals surface area contributed by atoms with Crippen LogP contribution in [0.1, 0.15) is 28.1 Å². The Bertz CT molecular complexity index is 1110. The number of hydrogen-bond donors (Lipinski definition) is 2. The topological polar surface area (TPSA) is 75.5 Å². The summed E-state index contributed by atoms with van der Waals surface area (Å²) in [6, 6.07) is 13.2. The van der Waals surface area contributed by atoms with E-state index in [0.29, 0.717) is 5.69 Å². The molecule has 0 radical (unpaired) electrons. The van der Waals surface area contributed by atoms with E-state index in [-0.39, 0.29) is 0 Å². The summed E-state index contributed by atoms with van der Waals surface area (Å²) < 4.78 is 15.1. The molecule has 0 aliphatic heterocycles. The molecule has 30 heavy (non-hydrogen) atoms. The third kappa shape index (κ3) is 4.46. The lowest BCUT2D eigenvalue weighted by Crippen LogP contribution is -2.32. The molecule has 6 nitrogen and oxygen atoms in total. The average molecular weight is 406 g/mol. The number of hydrazone groups is 1. The van der Waals surface area contributed by atoms with Crippen LogP contribution in [0, 0.1) is 33.5 Å². The molecule has 2 amide bonds. The minimum atomic E-state index is -0.917. The van der Waals surface area contributed by atoms with Crippen LogP contribution in [0.2, 0.25) is 0 Å². The Morgan fingerprint density at radius 1 is 0.967 bits per heavy atom. The SMILES string of the molecule is Cc1cccc(C)c1-n1c(C)cc(/C=N\NC(=O)C(=O)Nc2ccc(F)cc2)c1C. The van der Waals surface area contributed by atoms with Crippen molar-refractivity contribution in [3.63, 3.8) is 0 Å². The molecular formula is C23H23FN4O2. The van der Waals surface area contributed by atoms with Crippen LogP contribution in [0.3, 0.4) is 0 Å². The lowest BCUT2D eigenvalue weighted by Gasteiger charge is -2.15. The molecule has 154 valence electrons. The highest BCUT2D eigenvalue weighted by atomic mass is 19.1. The molecule has 0 spiro atoms. The van der Waals surface area contributed by atoms with Crippen LogP contribution in [-0.4, -0.2) is 22.6 Å². The summed E-state index contributed by atoms with van der Waals surface area (Å²) >= 11 is 0. The van der Waals surface area contributed by atoms with Gasteiger partial charge in [-0.15, -0.1) is 0 Å². The van der Waals surface area contributed by atoms with Crippen molar-refractivity contribution in [2.24, 2.45) is 5.10 Å². The normalized spacial score (nSPS) is 11.0. The first kappa shape index (κ1) is 21.0. The molecule has 0 bridgehead atoms. The Kier molecular flexibility index (Phi) is 6.11. The molecule has 0 fully saturated rings. The number of rotatable bonds is 4. The van der Waals surface area contributed by atoms with Crippen LogP contribution < -0.4 is 10.7 Å². The third-order valence-electron chi connectivity index (χ3n) is 4.81. The fourth-order valence-electron chi connectivity index (χ4n) is 3.35. The number of amides is 2. The lowest BCUT2D eigenvalue weighted by atomic mass is 10.1. The first-order chi connectivity index (χ1) is 14.3. The Balaban J connectivity index is 1.72. The first-order valence-corrected chi connectivity index (χ1v) is 9.43. The van der Waals surface area contributed by atoms with Crippen molar-refractivity contribution in [2.45, 2.75) is 27.7 Å². The molecule has 0 atom stereocenters. The van der Waals surface area contributed by atoms with Crippen molar-refractivity contribution in [2.75, 3.05) is 5.32 Å². The van der Waals surface area contributed by atoms with Crippen LogP contribution in [0.4, 0.5) is 10.1 Å². The van der Waals surface area contributed by atoms with Gasteiger partial charge in [0.1, 0.15) is 5.82 Å². The highest BCUT2D eigenvalue weighted by molar-refractivity contribution is 6.39. The number of anilines is 1. The second-order valence-electron chi connectivity index (χ2n) is 7.06. The second-order valence-corrected chi connectivity index (χ2v) is 7.06. The van der Waals surface area contributed by atoms with Gasteiger partial charge in [-0.2, -0.15) is 5.10 Å². The van der Waals surface area contributed by atoms with E-state index in [1.165, 1.54) is 30.5 Å². The Hall–Kier alpha value is -3.74. The van der Waals surface area contributed by atoms with Crippen molar-refractivity contribution in [1.29, 1.82) is 0 Å². The number of nitrogens with one attached hydrogen (secondary N) is 2. The molecule has 0 saturated heterocycles. The smallest absolute Gasteiger partial charge is 0.318 e.